The lowest BCUT2D eigenvalue weighted by atomic mass is 10.1. The van der Waals surface area contributed by atoms with Crippen LogP contribution in [0.15, 0.2) is 24.3 Å². The average molecular weight is 258 g/mol. The normalized spacial score (nSPS) is 10.3. The maximum Gasteiger partial charge on any atom is 0.224 e. The molecule has 0 aliphatic carbocycles. The molecule has 2 aromatic rings. The van der Waals surface area contributed by atoms with Gasteiger partial charge >= 0.3 is 0 Å². The number of benzene rings is 1. The summed E-state index contributed by atoms with van der Waals surface area (Å²) in [5, 5.41) is 0. The van der Waals surface area contributed by atoms with Crippen LogP contribution in [0.4, 0.5) is 5.82 Å². The Morgan fingerprint density at radius 3 is 2.68 bits per heavy atom. The summed E-state index contributed by atoms with van der Waals surface area (Å²) in [7, 11) is 0. The van der Waals surface area contributed by atoms with Crippen molar-refractivity contribution in [1.82, 2.24) is 9.97 Å². The molecule has 0 bridgehead atoms. The zero-order chi connectivity index (χ0) is 13.8. The van der Waals surface area contributed by atoms with Crippen molar-refractivity contribution in [2.24, 2.45) is 5.84 Å². The van der Waals surface area contributed by atoms with Crippen LogP contribution < -0.4 is 16.0 Å². The van der Waals surface area contributed by atoms with Crippen LogP contribution in [-0.2, 0) is 6.42 Å². The second-order valence-electron chi connectivity index (χ2n) is 4.38. The fraction of sp³-hybridized carbons (Fsp3) is 0.286. The Hall–Kier alpha value is -2.14. The third-order valence-electron chi connectivity index (χ3n) is 2.77. The number of hydrogen-bond donors (Lipinski definition) is 2. The van der Waals surface area contributed by atoms with E-state index in [-0.39, 0.29) is 0 Å². The number of nitrogens with two attached hydrogens (primary N) is 1. The quantitative estimate of drug-likeness (QED) is 0.651. The molecule has 0 unspecified atom stereocenters. The molecule has 0 atom stereocenters. The van der Waals surface area contributed by atoms with Gasteiger partial charge < -0.3 is 10.2 Å². The second-order valence-corrected chi connectivity index (χ2v) is 4.38. The summed E-state index contributed by atoms with van der Waals surface area (Å²) in [6.07, 6.45) is 0.721. The molecule has 0 radical (unpaired) electrons. The van der Waals surface area contributed by atoms with Crippen LogP contribution in [0.2, 0.25) is 0 Å². The minimum atomic E-state index is 0.494. The lowest BCUT2D eigenvalue weighted by Gasteiger charge is -2.10. The largest absolute Gasteiger partial charge is 0.439 e. The maximum atomic E-state index is 5.83. The number of hydrogen-bond acceptors (Lipinski definition) is 5. The highest BCUT2D eigenvalue weighted by Gasteiger charge is 2.07. The van der Waals surface area contributed by atoms with Gasteiger partial charge in [0.2, 0.25) is 5.88 Å². The Balaban J connectivity index is 2.34. The second kappa shape index (κ2) is 5.67. The SMILES string of the molecule is CCc1nc(NN)cc(Oc2cc(C)ccc2C)n1. The summed E-state index contributed by atoms with van der Waals surface area (Å²) in [4.78, 5) is 8.56. The van der Waals surface area contributed by atoms with E-state index in [1.54, 1.807) is 6.07 Å². The molecular formula is C14H18N4O. The van der Waals surface area contributed by atoms with Gasteiger partial charge in [0.15, 0.2) is 0 Å². The van der Waals surface area contributed by atoms with Gasteiger partial charge in [0.1, 0.15) is 17.4 Å². The van der Waals surface area contributed by atoms with Crippen molar-refractivity contribution in [2.45, 2.75) is 27.2 Å². The van der Waals surface area contributed by atoms with Gasteiger partial charge in [0.05, 0.1) is 0 Å². The van der Waals surface area contributed by atoms with Crippen LogP contribution in [0, 0.1) is 13.8 Å². The number of nitrogens with zero attached hydrogens (tertiary/aromatic N) is 2. The predicted molar refractivity (Wildman–Crippen MR) is 75.2 cm³/mol. The van der Waals surface area contributed by atoms with Gasteiger partial charge in [-0.2, -0.15) is 4.98 Å². The molecule has 0 aliphatic heterocycles. The summed E-state index contributed by atoms with van der Waals surface area (Å²) in [6, 6.07) is 7.74. The molecule has 0 aliphatic rings. The fourth-order valence-electron chi connectivity index (χ4n) is 1.69. The monoisotopic (exact) mass is 258 g/mol. The molecule has 1 heterocycles. The molecule has 1 aromatic heterocycles. The van der Waals surface area contributed by atoms with Gasteiger partial charge in [-0.1, -0.05) is 19.1 Å². The van der Waals surface area contributed by atoms with Gasteiger partial charge in [-0.25, -0.2) is 10.8 Å². The number of ether oxygens (including phenoxy) is 1. The molecule has 1 aromatic carbocycles. The predicted octanol–water partition coefficient (Wildman–Crippen LogP) is 2.73. The molecule has 2 rings (SSSR count). The molecule has 19 heavy (non-hydrogen) atoms. The molecule has 3 N–H and O–H groups in total. The highest BCUT2D eigenvalue weighted by molar-refractivity contribution is 5.42. The van der Waals surface area contributed by atoms with Crippen molar-refractivity contribution in [3.8, 4) is 11.6 Å². The lowest BCUT2D eigenvalue weighted by Crippen LogP contribution is -2.10. The van der Waals surface area contributed by atoms with Crippen molar-refractivity contribution in [1.29, 1.82) is 0 Å². The van der Waals surface area contributed by atoms with E-state index in [9.17, 15) is 0 Å². The summed E-state index contributed by atoms with van der Waals surface area (Å²) >= 11 is 0. The zero-order valence-electron chi connectivity index (χ0n) is 11.4. The van der Waals surface area contributed by atoms with Gasteiger partial charge in [-0.05, 0) is 31.0 Å². The summed E-state index contributed by atoms with van der Waals surface area (Å²) < 4.78 is 5.83. The summed E-state index contributed by atoms with van der Waals surface area (Å²) in [6.45, 7) is 6.01. The van der Waals surface area contributed by atoms with Crippen LogP contribution in [0.3, 0.4) is 0 Å². The third kappa shape index (κ3) is 3.20. The van der Waals surface area contributed by atoms with E-state index in [0.29, 0.717) is 17.5 Å². The Bertz CT molecular complexity index is 561. The Kier molecular flexibility index (Phi) is 3.97. The van der Waals surface area contributed by atoms with Crippen LogP contribution in [-0.4, -0.2) is 9.97 Å². The third-order valence-corrected chi connectivity index (χ3v) is 2.77. The molecule has 0 fully saturated rings. The van der Waals surface area contributed by atoms with Crippen LogP contribution in [0.5, 0.6) is 11.6 Å². The number of nitrogen functional groups attached to an aromatic ring is 1. The first-order valence-electron chi connectivity index (χ1n) is 6.22. The van der Waals surface area contributed by atoms with Gasteiger partial charge in [-0.15, -0.1) is 0 Å². The minimum Gasteiger partial charge on any atom is -0.439 e. The van der Waals surface area contributed by atoms with E-state index < -0.39 is 0 Å². The average Bonchev–Trinajstić information content (AvgIpc) is 2.42. The Morgan fingerprint density at radius 1 is 1.21 bits per heavy atom. The zero-order valence-corrected chi connectivity index (χ0v) is 11.4. The van der Waals surface area contributed by atoms with E-state index in [4.69, 9.17) is 10.6 Å². The fourth-order valence-corrected chi connectivity index (χ4v) is 1.69. The van der Waals surface area contributed by atoms with Gasteiger partial charge in [0.25, 0.3) is 0 Å². The first-order chi connectivity index (χ1) is 9.12. The van der Waals surface area contributed by atoms with E-state index in [2.05, 4.69) is 15.4 Å². The minimum absolute atomic E-state index is 0.494. The molecule has 0 spiro atoms. The van der Waals surface area contributed by atoms with Crippen LogP contribution in [0.1, 0.15) is 23.9 Å². The first-order valence-corrected chi connectivity index (χ1v) is 6.22. The lowest BCUT2D eigenvalue weighted by molar-refractivity contribution is 0.455. The van der Waals surface area contributed by atoms with E-state index >= 15 is 0 Å². The molecular weight excluding hydrogens is 240 g/mol. The maximum absolute atomic E-state index is 5.83. The number of hydrazine groups is 1. The van der Waals surface area contributed by atoms with Crippen molar-refractivity contribution >= 4 is 5.82 Å². The summed E-state index contributed by atoms with van der Waals surface area (Å²) in [5.74, 6) is 7.92. The number of rotatable bonds is 4. The van der Waals surface area contributed by atoms with E-state index in [0.717, 1.165) is 23.3 Å². The molecule has 5 nitrogen and oxygen atoms in total. The molecule has 0 amide bonds. The number of nitrogens with one attached hydrogen (secondary N) is 1. The van der Waals surface area contributed by atoms with Gasteiger partial charge in [0, 0.05) is 12.5 Å². The Morgan fingerprint density at radius 2 is 2.00 bits per heavy atom. The standard InChI is InChI=1S/C14H18N4O/c1-4-12-16-13(18-15)8-14(17-12)19-11-7-9(2)5-6-10(11)3/h5-8H,4,15H2,1-3H3,(H,16,17,18). The summed E-state index contributed by atoms with van der Waals surface area (Å²) in [5.41, 5.74) is 4.72. The molecule has 0 saturated heterocycles. The number of aryl methyl sites for hydroxylation is 3. The number of anilines is 1. The van der Waals surface area contributed by atoms with E-state index in [1.807, 2.05) is 39.0 Å². The number of aromatic nitrogens is 2. The highest BCUT2D eigenvalue weighted by atomic mass is 16.5. The molecule has 100 valence electrons. The van der Waals surface area contributed by atoms with Crippen LogP contribution in [0.25, 0.3) is 0 Å². The topological polar surface area (TPSA) is 73.1 Å². The smallest absolute Gasteiger partial charge is 0.224 e. The van der Waals surface area contributed by atoms with E-state index in [1.165, 1.54) is 0 Å². The molecule has 0 saturated carbocycles. The highest BCUT2D eigenvalue weighted by Crippen LogP contribution is 2.25. The van der Waals surface area contributed by atoms with Crippen LogP contribution >= 0.6 is 0 Å². The van der Waals surface area contributed by atoms with Crippen molar-refractivity contribution in [3.63, 3.8) is 0 Å². The van der Waals surface area contributed by atoms with Gasteiger partial charge in [-0.3, -0.25) is 0 Å². The molecule has 5 heteroatoms. The van der Waals surface area contributed by atoms with Crippen molar-refractivity contribution in [3.05, 3.63) is 41.2 Å². The van der Waals surface area contributed by atoms with Crippen molar-refractivity contribution in [2.75, 3.05) is 5.43 Å². The van der Waals surface area contributed by atoms with Crippen molar-refractivity contribution < 1.29 is 4.74 Å². The first kappa shape index (κ1) is 13.3. The Labute approximate surface area is 112 Å².